The number of carbonyl (C=O) groups excluding carboxylic acids is 2. The van der Waals surface area contributed by atoms with Gasteiger partial charge in [0.1, 0.15) is 5.75 Å². The van der Waals surface area contributed by atoms with Gasteiger partial charge in [-0.3, -0.25) is 9.59 Å². The van der Waals surface area contributed by atoms with Crippen LogP contribution in [-0.2, 0) is 4.79 Å². The van der Waals surface area contributed by atoms with E-state index in [9.17, 15) is 9.59 Å². The van der Waals surface area contributed by atoms with Gasteiger partial charge in [-0.15, -0.1) is 0 Å². The highest BCUT2D eigenvalue weighted by Crippen LogP contribution is 2.22. The van der Waals surface area contributed by atoms with Crippen LogP contribution in [0.4, 0.5) is 5.69 Å². The second-order valence-corrected chi connectivity index (χ2v) is 6.73. The Balaban J connectivity index is 2.04. The molecule has 5 nitrogen and oxygen atoms in total. The lowest BCUT2D eigenvalue weighted by Gasteiger charge is -2.25. The Labute approximate surface area is 152 Å². The van der Waals surface area contributed by atoms with E-state index in [1.54, 1.807) is 76.5 Å². The van der Waals surface area contributed by atoms with E-state index in [-0.39, 0.29) is 11.8 Å². The van der Waals surface area contributed by atoms with E-state index in [0.717, 1.165) is 0 Å². The Kier molecular flexibility index (Phi) is 5.69. The molecule has 2 aromatic carbocycles. The minimum Gasteiger partial charge on any atom is -0.478 e. The Morgan fingerprint density at radius 2 is 1.56 bits per heavy atom. The molecular formula is C19H21ClN2O3. The van der Waals surface area contributed by atoms with Crippen LogP contribution in [0.25, 0.3) is 0 Å². The molecule has 0 radical (unpaired) electrons. The fourth-order valence-electron chi connectivity index (χ4n) is 2.08. The molecule has 25 heavy (non-hydrogen) atoms. The summed E-state index contributed by atoms with van der Waals surface area (Å²) in [6.45, 7) is 3.36. The average Bonchev–Trinajstić information content (AvgIpc) is 2.56. The summed E-state index contributed by atoms with van der Waals surface area (Å²) >= 11 is 5.85. The molecule has 0 aliphatic heterocycles. The van der Waals surface area contributed by atoms with E-state index in [4.69, 9.17) is 16.3 Å². The van der Waals surface area contributed by atoms with E-state index in [0.29, 0.717) is 22.0 Å². The minimum absolute atomic E-state index is 0.0933. The van der Waals surface area contributed by atoms with Gasteiger partial charge in [-0.2, -0.15) is 0 Å². The van der Waals surface area contributed by atoms with Crippen molar-refractivity contribution in [1.29, 1.82) is 0 Å². The van der Waals surface area contributed by atoms with Gasteiger partial charge in [-0.05, 0) is 62.4 Å². The Bertz CT molecular complexity index is 753. The van der Waals surface area contributed by atoms with Gasteiger partial charge in [0.05, 0.1) is 0 Å². The smallest absolute Gasteiger partial charge is 0.267 e. The Hall–Kier alpha value is -2.53. The fourth-order valence-corrected chi connectivity index (χ4v) is 2.21. The number of hydrogen-bond donors (Lipinski definition) is 1. The van der Waals surface area contributed by atoms with Crippen molar-refractivity contribution in [3.8, 4) is 5.75 Å². The highest BCUT2D eigenvalue weighted by Gasteiger charge is 2.30. The molecule has 0 saturated heterocycles. The molecule has 1 N–H and O–H groups in total. The van der Waals surface area contributed by atoms with Crippen LogP contribution in [0, 0.1) is 0 Å². The minimum atomic E-state index is -1.08. The predicted molar refractivity (Wildman–Crippen MR) is 99.2 cm³/mol. The largest absolute Gasteiger partial charge is 0.478 e. The molecular weight excluding hydrogens is 340 g/mol. The number of nitrogens with zero attached hydrogens (tertiary/aromatic N) is 1. The zero-order chi connectivity index (χ0) is 18.6. The zero-order valence-electron chi connectivity index (χ0n) is 14.7. The van der Waals surface area contributed by atoms with Crippen LogP contribution >= 0.6 is 11.6 Å². The average molecular weight is 361 g/mol. The third-order valence-electron chi connectivity index (χ3n) is 3.53. The molecule has 0 unspecified atom stereocenters. The van der Waals surface area contributed by atoms with Crippen LogP contribution in [0.3, 0.4) is 0 Å². The van der Waals surface area contributed by atoms with E-state index in [2.05, 4.69) is 5.32 Å². The maximum atomic E-state index is 12.5. The monoisotopic (exact) mass is 360 g/mol. The first-order valence-electron chi connectivity index (χ1n) is 7.77. The van der Waals surface area contributed by atoms with Crippen molar-refractivity contribution in [2.24, 2.45) is 0 Å². The van der Waals surface area contributed by atoms with Crippen LogP contribution in [0.2, 0.25) is 5.02 Å². The third kappa shape index (κ3) is 4.97. The first-order chi connectivity index (χ1) is 11.7. The van der Waals surface area contributed by atoms with Gasteiger partial charge in [0.2, 0.25) is 0 Å². The van der Waals surface area contributed by atoms with Gasteiger partial charge in [0.25, 0.3) is 11.8 Å². The van der Waals surface area contributed by atoms with Crippen molar-refractivity contribution in [3.05, 3.63) is 59.1 Å². The van der Waals surface area contributed by atoms with Crippen molar-refractivity contribution in [2.45, 2.75) is 19.4 Å². The molecule has 2 amide bonds. The summed E-state index contributed by atoms with van der Waals surface area (Å²) < 4.78 is 5.75. The molecule has 0 aromatic heterocycles. The lowest BCUT2D eigenvalue weighted by Crippen LogP contribution is -2.42. The first kappa shape index (κ1) is 18.8. The van der Waals surface area contributed by atoms with E-state index in [1.165, 1.54) is 4.90 Å². The molecule has 0 heterocycles. The normalized spacial score (nSPS) is 10.9. The third-order valence-corrected chi connectivity index (χ3v) is 3.78. The SMILES string of the molecule is CN(C)C(=O)c1ccc(NC(=O)C(C)(C)Oc2ccc(Cl)cc2)cc1. The number of anilines is 1. The number of benzene rings is 2. The molecule has 132 valence electrons. The van der Waals surface area contributed by atoms with Crippen molar-refractivity contribution in [1.82, 2.24) is 4.90 Å². The van der Waals surface area contributed by atoms with E-state index in [1.807, 2.05) is 0 Å². The highest BCUT2D eigenvalue weighted by atomic mass is 35.5. The Morgan fingerprint density at radius 3 is 2.08 bits per heavy atom. The standard InChI is InChI=1S/C19H21ClN2O3/c1-19(2,25-16-11-7-14(20)8-12-16)18(24)21-15-9-5-13(6-10-15)17(23)22(3)4/h5-12H,1-4H3,(H,21,24). The van der Waals surface area contributed by atoms with E-state index < -0.39 is 5.60 Å². The van der Waals surface area contributed by atoms with Gasteiger partial charge in [-0.25, -0.2) is 0 Å². The van der Waals surface area contributed by atoms with Gasteiger partial charge in [-0.1, -0.05) is 11.6 Å². The van der Waals surface area contributed by atoms with Crippen LogP contribution in [0.1, 0.15) is 24.2 Å². The van der Waals surface area contributed by atoms with Crippen LogP contribution in [0.5, 0.6) is 5.75 Å². The van der Waals surface area contributed by atoms with Gasteiger partial charge < -0.3 is 15.0 Å². The van der Waals surface area contributed by atoms with Crippen molar-refractivity contribution in [2.75, 3.05) is 19.4 Å². The lowest BCUT2D eigenvalue weighted by molar-refractivity contribution is -0.128. The topological polar surface area (TPSA) is 58.6 Å². The summed E-state index contributed by atoms with van der Waals surface area (Å²) in [6.07, 6.45) is 0. The maximum absolute atomic E-state index is 12.5. The molecule has 0 atom stereocenters. The first-order valence-corrected chi connectivity index (χ1v) is 8.14. The van der Waals surface area contributed by atoms with Crippen LogP contribution in [0.15, 0.2) is 48.5 Å². The molecule has 0 fully saturated rings. The second-order valence-electron chi connectivity index (χ2n) is 6.30. The number of amides is 2. The number of rotatable bonds is 5. The van der Waals surface area contributed by atoms with Gasteiger partial charge >= 0.3 is 0 Å². The molecule has 0 aliphatic rings. The number of halogens is 1. The van der Waals surface area contributed by atoms with Crippen LogP contribution in [-0.4, -0.2) is 36.4 Å². The number of carbonyl (C=O) groups is 2. The fraction of sp³-hybridized carbons (Fsp3) is 0.263. The van der Waals surface area contributed by atoms with Gasteiger partial charge in [0, 0.05) is 30.4 Å². The zero-order valence-corrected chi connectivity index (χ0v) is 15.4. The maximum Gasteiger partial charge on any atom is 0.267 e. The second kappa shape index (κ2) is 7.57. The summed E-state index contributed by atoms with van der Waals surface area (Å²) in [5.41, 5.74) is 0.0687. The summed E-state index contributed by atoms with van der Waals surface area (Å²) in [4.78, 5) is 25.9. The summed E-state index contributed by atoms with van der Waals surface area (Å²) in [5.74, 6) is 0.162. The van der Waals surface area contributed by atoms with Crippen molar-refractivity contribution >= 4 is 29.1 Å². The number of hydrogen-bond acceptors (Lipinski definition) is 3. The molecule has 2 rings (SSSR count). The summed E-state index contributed by atoms with van der Waals surface area (Å²) in [6, 6.07) is 13.5. The highest BCUT2D eigenvalue weighted by molar-refractivity contribution is 6.30. The summed E-state index contributed by atoms with van der Waals surface area (Å²) in [5, 5.41) is 3.39. The molecule has 0 spiro atoms. The predicted octanol–water partition coefficient (Wildman–Crippen LogP) is 3.84. The van der Waals surface area contributed by atoms with Crippen LogP contribution < -0.4 is 10.1 Å². The van der Waals surface area contributed by atoms with Crippen molar-refractivity contribution in [3.63, 3.8) is 0 Å². The summed E-state index contributed by atoms with van der Waals surface area (Å²) in [7, 11) is 3.38. The number of nitrogens with one attached hydrogen (secondary N) is 1. The Morgan fingerprint density at radius 1 is 1.00 bits per heavy atom. The van der Waals surface area contributed by atoms with Gasteiger partial charge in [0.15, 0.2) is 5.60 Å². The molecule has 0 aliphatic carbocycles. The molecule has 2 aromatic rings. The molecule has 0 saturated carbocycles. The number of ether oxygens (including phenoxy) is 1. The lowest BCUT2D eigenvalue weighted by atomic mass is 10.1. The van der Waals surface area contributed by atoms with E-state index >= 15 is 0 Å². The molecule has 0 bridgehead atoms. The quantitative estimate of drug-likeness (QED) is 0.881. The molecule has 6 heteroatoms. The van der Waals surface area contributed by atoms with Crippen molar-refractivity contribution < 1.29 is 14.3 Å².